The summed E-state index contributed by atoms with van der Waals surface area (Å²) in [5.41, 5.74) is 28.8. The second kappa shape index (κ2) is 33.8. The van der Waals surface area contributed by atoms with Gasteiger partial charge in [-0.05, 0) is 259 Å². The topological polar surface area (TPSA) is 309 Å². The average Bonchev–Trinajstić information content (AvgIpc) is 1.54. The summed E-state index contributed by atoms with van der Waals surface area (Å²) >= 11 is 0. The number of guanidine groups is 4. The van der Waals surface area contributed by atoms with E-state index in [2.05, 4.69) is 73.1 Å². The summed E-state index contributed by atoms with van der Waals surface area (Å²) in [6, 6.07) is 24.4. The van der Waals surface area contributed by atoms with Crippen molar-refractivity contribution < 1.29 is 74.6 Å². The minimum atomic E-state index is -4.57. The van der Waals surface area contributed by atoms with Crippen LogP contribution in [0.5, 0.6) is 11.5 Å². The maximum atomic E-state index is 14.0. The van der Waals surface area contributed by atoms with E-state index in [-0.39, 0.29) is 76.8 Å². The van der Waals surface area contributed by atoms with E-state index < -0.39 is 52.9 Å². The van der Waals surface area contributed by atoms with Crippen LogP contribution in [0.1, 0.15) is 205 Å². The van der Waals surface area contributed by atoms with Crippen LogP contribution < -0.4 is 32.4 Å². The highest BCUT2D eigenvalue weighted by atomic mass is 19.4. The van der Waals surface area contributed by atoms with E-state index in [1.807, 2.05) is 31.2 Å². The minimum absolute atomic E-state index is 0.00294. The quantitative estimate of drug-likeness (QED) is 0.0501. The molecular weight excluding hydrogens is 1540 g/mol. The van der Waals surface area contributed by atoms with Crippen molar-refractivity contribution in [3.8, 4) is 23.3 Å². The van der Waals surface area contributed by atoms with Gasteiger partial charge in [-0.25, -0.2) is 24.4 Å². The van der Waals surface area contributed by atoms with Crippen LogP contribution in [0, 0.1) is 51.3 Å². The van der Waals surface area contributed by atoms with Crippen LogP contribution in [0.15, 0.2) is 92.8 Å². The molecule has 6 saturated carbocycles. The standard InChI is InChI=1S/C25H31N3O3.C23H28F3N3O3.C23H32FN3O3.C21H29N3O3/c1-30-14-13-28-22(29)25(27-23(28)26)21-15-18(6-5-17-3-4-17)7-8-19(21)16-24(25)11-9-20(31-2)10-12-24;1-31-16-6-8-21(9-7-16)11-15-4-5-17(32-12-14-2-3-14)10-18(15)23(21)19(30)29(20(27)28-23)13-22(24,25)26;1-15(2)14-30-18-5-4-16-13-22(8-6-17(29-3)7-9-22)23(19(16)12-18)20(28)27(11-10-24)21(25)26-23;1-4-27-13-14-5-6-15-12-20(9-7-16(26-3)8-10-20)21(17(15)11-14)18(25)24(2)19(22)23-21/h7-8,15,17,20H,3-4,9-14,16H2,1-2H3,(H2,26,27);4-5,10,14,16H,2-3,6-9,11-13H2,1H3,(H2,27,28);4-5,12,15,17H,6-11,13-14H2,1-3H3,(H2,25,26);5-6,11,16H,4,7-10,12-13H2,1-3H3,(H2,22,23)/t20?,24?,25-;16?,21?,23-;;/m10../s1. The normalized spacial score (nSPS) is 31.6. The van der Waals surface area contributed by atoms with Crippen molar-refractivity contribution in [1.29, 1.82) is 0 Å². The molecule has 14 aliphatic rings. The van der Waals surface area contributed by atoms with Crippen molar-refractivity contribution in [2.45, 2.75) is 234 Å². The first-order chi connectivity index (χ1) is 57.5. The number of fused-ring (bicyclic) bond motifs is 12. The Labute approximate surface area is 702 Å². The zero-order valence-electron chi connectivity index (χ0n) is 71.1. The van der Waals surface area contributed by atoms with E-state index in [0.717, 1.165) is 167 Å². The van der Waals surface area contributed by atoms with E-state index in [9.17, 15) is 36.7 Å². The Morgan fingerprint density at radius 3 is 1.30 bits per heavy atom. The molecule has 0 aromatic heterocycles. The Bertz CT molecular complexity index is 4730. The van der Waals surface area contributed by atoms with Gasteiger partial charge in [0.2, 0.25) is 0 Å². The molecule has 0 radical (unpaired) electrons. The molecule has 648 valence electrons. The molecule has 28 heteroatoms. The van der Waals surface area contributed by atoms with Gasteiger partial charge in [-0.15, -0.1) is 0 Å². The number of methoxy groups -OCH3 is 5. The van der Waals surface area contributed by atoms with E-state index in [0.29, 0.717) is 105 Å². The number of carbonyl (C=O) groups is 4. The predicted molar refractivity (Wildman–Crippen MR) is 446 cm³/mol. The Hall–Kier alpha value is -8.72. The molecule has 18 rings (SSSR count). The lowest BCUT2D eigenvalue weighted by Gasteiger charge is -2.45. The van der Waals surface area contributed by atoms with E-state index in [1.54, 1.807) is 53.6 Å². The van der Waals surface area contributed by atoms with Crippen molar-refractivity contribution in [1.82, 2.24) is 19.6 Å². The summed E-state index contributed by atoms with van der Waals surface area (Å²) < 4.78 is 98.0. The molecular formula is C92H120F4N12O12. The molecule has 4 amide bonds. The fraction of sp³-hybridized carbons (Fsp3) is 0.630. The lowest BCUT2D eigenvalue weighted by Crippen LogP contribution is -2.53. The molecule has 10 aliphatic carbocycles. The molecule has 8 spiro atoms. The zero-order chi connectivity index (χ0) is 85.1. The van der Waals surface area contributed by atoms with Crippen molar-refractivity contribution in [3.63, 3.8) is 0 Å². The maximum Gasteiger partial charge on any atom is 0.406 e. The molecule has 4 aromatic rings. The molecule has 4 atom stereocenters. The number of aliphatic imine (C=N–C) groups is 4. The summed E-state index contributed by atoms with van der Waals surface area (Å²) in [7, 11) is 10.3. The van der Waals surface area contributed by atoms with Crippen LogP contribution in [0.25, 0.3) is 0 Å². The lowest BCUT2D eigenvalue weighted by molar-refractivity contribution is -0.158. The Morgan fingerprint density at radius 2 is 0.900 bits per heavy atom. The number of carbonyl (C=O) groups excluding carboxylic acids is 4. The number of rotatable bonds is 19. The number of likely N-dealkylation sites (N-methyl/N-ethyl adjacent to an activating group) is 1. The maximum absolute atomic E-state index is 14.0. The van der Waals surface area contributed by atoms with Crippen molar-refractivity contribution in [3.05, 3.63) is 128 Å². The van der Waals surface area contributed by atoms with Crippen LogP contribution >= 0.6 is 0 Å². The summed E-state index contributed by atoms with van der Waals surface area (Å²) in [5, 5.41) is 0. The second-order valence-electron chi connectivity index (χ2n) is 36.4. The first-order valence-corrected chi connectivity index (χ1v) is 43.3. The van der Waals surface area contributed by atoms with Crippen molar-refractivity contribution in [2.24, 2.45) is 82.3 Å². The third kappa shape index (κ3) is 15.0. The fourth-order valence-corrected chi connectivity index (χ4v) is 22.3. The molecule has 24 nitrogen and oxygen atoms in total. The first-order valence-electron chi connectivity index (χ1n) is 43.3. The van der Waals surface area contributed by atoms with Crippen LogP contribution in [-0.4, -0.2) is 193 Å². The van der Waals surface area contributed by atoms with Gasteiger partial charge >= 0.3 is 6.18 Å². The summed E-state index contributed by atoms with van der Waals surface area (Å²) in [5.74, 6) is 8.99. The van der Waals surface area contributed by atoms with Gasteiger partial charge in [0.1, 0.15) is 24.7 Å². The van der Waals surface area contributed by atoms with Crippen LogP contribution in [0.2, 0.25) is 0 Å². The Kier molecular flexibility index (Phi) is 24.3. The number of benzene rings is 4. The number of ether oxygens (including phenoxy) is 8. The summed E-state index contributed by atoms with van der Waals surface area (Å²) in [6.45, 7) is 7.27. The molecule has 0 bridgehead atoms. The van der Waals surface area contributed by atoms with Gasteiger partial charge in [-0.2, -0.15) is 13.2 Å². The third-order valence-electron chi connectivity index (χ3n) is 29.1. The van der Waals surface area contributed by atoms with Gasteiger partial charge in [-0.1, -0.05) is 62.1 Å². The number of alkyl halides is 4. The van der Waals surface area contributed by atoms with E-state index in [4.69, 9.17) is 75.8 Å². The number of nitrogens with two attached hydrogens (primary N) is 4. The first kappa shape index (κ1) is 86.2. The van der Waals surface area contributed by atoms with Crippen LogP contribution in [-0.2, 0) is 102 Å². The molecule has 0 saturated heterocycles. The monoisotopic (exact) mass is 1660 g/mol. The third-order valence-corrected chi connectivity index (χ3v) is 29.1. The van der Waals surface area contributed by atoms with Crippen LogP contribution in [0.3, 0.4) is 0 Å². The Morgan fingerprint density at radius 1 is 0.500 bits per heavy atom. The number of hydrogen-bond acceptors (Lipinski definition) is 20. The molecule has 2 unspecified atom stereocenters. The van der Waals surface area contributed by atoms with Gasteiger partial charge in [-0.3, -0.25) is 38.8 Å². The molecule has 120 heavy (non-hydrogen) atoms. The lowest BCUT2D eigenvalue weighted by atomic mass is 9.61. The van der Waals surface area contributed by atoms with Gasteiger partial charge in [0.05, 0.1) is 63.9 Å². The van der Waals surface area contributed by atoms with Crippen molar-refractivity contribution >= 4 is 47.5 Å². The largest absolute Gasteiger partial charge is 0.493 e. The predicted octanol–water partition coefficient (Wildman–Crippen LogP) is 11.6. The second-order valence-corrected chi connectivity index (χ2v) is 36.4. The summed E-state index contributed by atoms with van der Waals surface area (Å²) in [4.78, 5) is 79.4. The highest BCUT2D eigenvalue weighted by Crippen LogP contribution is 2.67. The number of nitrogens with zero attached hydrogens (tertiary/aromatic N) is 8. The number of amides is 4. The molecule has 4 aromatic carbocycles. The molecule has 4 aliphatic heterocycles. The average molecular weight is 1660 g/mol. The number of halogens is 4. The fourth-order valence-electron chi connectivity index (χ4n) is 22.3. The van der Waals surface area contributed by atoms with Gasteiger partial charge < -0.3 is 60.8 Å². The van der Waals surface area contributed by atoms with Crippen molar-refractivity contribution in [2.75, 3.05) is 95.3 Å². The highest BCUT2D eigenvalue weighted by Gasteiger charge is 2.71. The minimum Gasteiger partial charge on any atom is -0.493 e. The highest BCUT2D eigenvalue weighted by molar-refractivity contribution is 6.11. The molecule has 6 fully saturated rings. The van der Waals surface area contributed by atoms with Gasteiger partial charge in [0.15, 0.2) is 46.0 Å². The zero-order valence-corrected chi connectivity index (χ0v) is 71.1. The van der Waals surface area contributed by atoms with E-state index >= 15 is 0 Å². The molecule has 8 N–H and O–H groups in total. The van der Waals surface area contributed by atoms with E-state index in [1.165, 1.54) is 33.8 Å². The molecule has 4 heterocycles. The smallest absolute Gasteiger partial charge is 0.406 e. The number of hydrogen-bond donors (Lipinski definition) is 4. The summed E-state index contributed by atoms with van der Waals surface area (Å²) in [6.07, 6.45) is 17.4. The SMILES string of the molecule is CCOCc1ccc2c(c1)C1(N=C(N)N(C)C1=O)C1(CCC(OC)CC1)C2.COC1CCC2(CC1)Cc1ccc(OCC(C)C)cc1C21N=C(N)N(CCF)C1=O.COC1CCC2(CC1)Cc1ccc(OCC3CC3)cc1[C@@]21N=C(N)N(CC(F)(F)F)C1=O.COCCN1C(=O)[C@]2(N=C1N)c1cc(C#CC3CC3)ccc1CC21CCC(OC)CC1. The van der Waals surface area contributed by atoms with Crippen LogP contribution in [0.4, 0.5) is 17.6 Å². The van der Waals surface area contributed by atoms with Gasteiger partial charge in [0, 0.05) is 82.3 Å². The van der Waals surface area contributed by atoms with Gasteiger partial charge in [0.25, 0.3) is 23.6 Å². The Balaban J connectivity index is 0.000000125.